The first-order valence-electron chi connectivity index (χ1n) is 13.3. The molecule has 1 aromatic rings. The van der Waals surface area contributed by atoms with Crippen LogP contribution in [0.3, 0.4) is 0 Å². The van der Waals surface area contributed by atoms with Gasteiger partial charge in [0.25, 0.3) is 0 Å². The fraction of sp³-hybridized carbons (Fsp3) is 0.593. The summed E-state index contributed by atoms with van der Waals surface area (Å²) in [6, 6.07) is 4.42. The molecule has 2 unspecified atom stereocenters. The minimum absolute atomic E-state index is 0.0967. The van der Waals surface area contributed by atoms with Gasteiger partial charge in [-0.2, -0.15) is 17.5 Å². The second-order valence-electron chi connectivity index (χ2n) is 11.0. The van der Waals surface area contributed by atoms with E-state index in [0.29, 0.717) is 56.5 Å². The monoisotopic (exact) mass is 605 g/mol. The summed E-state index contributed by atoms with van der Waals surface area (Å²) in [5.74, 6) is 0. The van der Waals surface area contributed by atoms with Gasteiger partial charge in [0.2, 0.25) is 15.7 Å². The van der Waals surface area contributed by atoms with Crippen LogP contribution in [-0.2, 0) is 20.4 Å². The molecule has 0 N–H and O–H groups in total. The largest absolute Gasteiger partial charge is 0.426 e. The van der Waals surface area contributed by atoms with Crippen molar-refractivity contribution in [1.82, 2.24) is 9.21 Å². The number of benzene rings is 1. The predicted molar refractivity (Wildman–Crippen MR) is 146 cm³/mol. The lowest BCUT2D eigenvalue weighted by Gasteiger charge is -2.51. The average molecular weight is 606 g/mol. The van der Waals surface area contributed by atoms with Crippen molar-refractivity contribution in [2.75, 3.05) is 44.3 Å². The van der Waals surface area contributed by atoms with Crippen LogP contribution >= 0.6 is 12.2 Å². The normalized spacial score (nSPS) is 30.2. The van der Waals surface area contributed by atoms with Gasteiger partial charge in [-0.25, -0.2) is 17.2 Å². The van der Waals surface area contributed by atoms with Gasteiger partial charge in [-0.15, -0.1) is 0 Å². The highest BCUT2D eigenvalue weighted by Gasteiger charge is 2.53. The van der Waals surface area contributed by atoms with Gasteiger partial charge < -0.3 is 9.64 Å². The number of allylic oxidation sites excluding steroid dienone is 4. The summed E-state index contributed by atoms with van der Waals surface area (Å²) in [5, 5.41) is 0. The van der Waals surface area contributed by atoms with Crippen molar-refractivity contribution < 1.29 is 35.1 Å². The summed E-state index contributed by atoms with van der Waals surface area (Å²) in [4.78, 5) is 4.56. The first-order valence-corrected chi connectivity index (χ1v) is 15.1. The molecule has 220 valence electrons. The molecule has 0 radical (unpaired) electrons. The zero-order valence-corrected chi connectivity index (χ0v) is 23.6. The molecule has 1 aromatic carbocycles. The van der Waals surface area contributed by atoms with E-state index < -0.39 is 39.6 Å². The number of nitrogens with zero attached hydrogens (tertiary/aromatic N) is 3. The molecule has 40 heavy (non-hydrogen) atoms. The Morgan fingerprint density at radius 2 is 1.70 bits per heavy atom. The molecule has 4 aliphatic rings. The van der Waals surface area contributed by atoms with E-state index in [4.69, 9.17) is 17.0 Å². The molecule has 3 fully saturated rings. The average Bonchev–Trinajstić information content (AvgIpc) is 2.89. The molecule has 13 heteroatoms. The van der Waals surface area contributed by atoms with Crippen molar-refractivity contribution in [3.05, 3.63) is 53.0 Å². The molecule has 6 nitrogen and oxygen atoms in total. The highest BCUT2D eigenvalue weighted by Crippen LogP contribution is 2.42. The van der Waals surface area contributed by atoms with Gasteiger partial charge in [-0.05, 0) is 43.5 Å². The lowest BCUT2D eigenvalue weighted by Crippen LogP contribution is -2.64. The fourth-order valence-corrected chi connectivity index (χ4v) is 8.10. The molecule has 5 rings (SSSR count). The van der Waals surface area contributed by atoms with Gasteiger partial charge in [-0.3, -0.25) is 4.90 Å². The molecule has 3 aliphatic heterocycles. The fourth-order valence-electron chi connectivity index (χ4n) is 6.03. The van der Waals surface area contributed by atoms with Crippen LogP contribution in [0, 0.1) is 0 Å². The zero-order valence-electron chi connectivity index (χ0n) is 22.0. The molecule has 0 saturated carbocycles. The number of hydrogen-bond donors (Lipinski definition) is 0. The number of hydrogen-bond acceptors (Lipinski definition) is 6. The Morgan fingerprint density at radius 1 is 1.05 bits per heavy atom. The first-order chi connectivity index (χ1) is 18.8. The standard InChI is InChI=1S/C27H32F5N3O3S2/c1-26(29,27(30,31)32)18-6-8-20(9-7-18)34-11-10-33(40(36,37)25-5-3-2-4-24(25)39)14-23(34)15-35-21-12-19(28)13-22(35)17-38-16-21/h2-3,5-9,19,21-23H,4,10-17H2,1H3/t19?,21?,22?,23-,26+/m1/s1. The molecular formula is C27H32F5N3O3S2. The number of anilines is 1. The van der Waals surface area contributed by atoms with E-state index in [2.05, 4.69) is 4.90 Å². The third-order valence-corrected chi connectivity index (χ3v) is 10.8. The maximum atomic E-state index is 14.6. The number of sulfonamides is 1. The number of rotatable bonds is 6. The van der Waals surface area contributed by atoms with Gasteiger partial charge in [0.15, 0.2) is 0 Å². The molecule has 1 aliphatic carbocycles. The minimum Gasteiger partial charge on any atom is -0.378 e. The number of piperazine rings is 1. The first kappa shape index (κ1) is 29.6. The van der Waals surface area contributed by atoms with Crippen LogP contribution in [0.5, 0.6) is 0 Å². The Bertz CT molecular complexity index is 1270. The summed E-state index contributed by atoms with van der Waals surface area (Å²) in [5.41, 5.74) is -3.46. The summed E-state index contributed by atoms with van der Waals surface area (Å²) in [6.45, 7) is 2.15. The number of thiocarbonyl (C=S) groups is 1. The van der Waals surface area contributed by atoms with Crippen molar-refractivity contribution in [1.29, 1.82) is 0 Å². The maximum absolute atomic E-state index is 14.6. The Kier molecular flexibility index (Phi) is 8.16. The Balaban J connectivity index is 1.44. The molecule has 4 atom stereocenters. The molecule has 3 heterocycles. The second kappa shape index (κ2) is 11.0. The Labute approximate surface area is 236 Å². The number of morpholine rings is 1. The molecule has 3 saturated heterocycles. The van der Waals surface area contributed by atoms with Crippen molar-refractivity contribution in [3.63, 3.8) is 0 Å². The third kappa shape index (κ3) is 5.59. The van der Waals surface area contributed by atoms with E-state index >= 15 is 0 Å². The van der Waals surface area contributed by atoms with Gasteiger partial charge in [-0.1, -0.05) is 36.5 Å². The van der Waals surface area contributed by atoms with Crippen LogP contribution in [0.15, 0.2) is 47.4 Å². The SMILES string of the molecule is C[C@](F)(c1ccc(N2CCN(S(=O)(=O)C3=CC=CCC3=S)C[C@@H]2CN2C3COCC2CC(F)C3)cc1)C(F)(F)F. The molecular weight excluding hydrogens is 573 g/mol. The van der Waals surface area contributed by atoms with Crippen LogP contribution in [0.1, 0.15) is 31.7 Å². The van der Waals surface area contributed by atoms with Gasteiger partial charge in [0, 0.05) is 55.2 Å². The number of fused-ring (bicyclic) bond motifs is 2. The van der Waals surface area contributed by atoms with E-state index in [1.165, 1.54) is 22.5 Å². The van der Waals surface area contributed by atoms with Crippen LogP contribution in [-0.4, -0.2) is 92.4 Å². The third-order valence-electron chi connectivity index (χ3n) is 8.33. The van der Waals surface area contributed by atoms with E-state index in [1.807, 2.05) is 4.90 Å². The Hall–Kier alpha value is -1.93. The summed E-state index contributed by atoms with van der Waals surface area (Å²) < 4.78 is 103. The molecule has 0 amide bonds. The smallest absolute Gasteiger partial charge is 0.378 e. The topological polar surface area (TPSA) is 53.1 Å². The second-order valence-corrected chi connectivity index (χ2v) is 13.4. The van der Waals surface area contributed by atoms with Crippen LogP contribution in [0.4, 0.5) is 27.6 Å². The number of ether oxygens (including phenoxy) is 1. The van der Waals surface area contributed by atoms with E-state index in [1.54, 1.807) is 12.2 Å². The quantitative estimate of drug-likeness (QED) is 0.347. The maximum Gasteiger partial charge on any atom is 0.426 e. The number of halogens is 5. The van der Waals surface area contributed by atoms with Gasteiger partial charge >= 0.3 is 6.18 Å². The van der Waals surface area contributed by atoms with Crippen molar-refractivity contribution in [2.24, 2.45) is 0 Å². The molecule has 2 bridgehead atoms. The zero-order chi connectivity index (χ0) is 28.9. The Morgan fingerprint density at radius 3 is 2.30 bits per heavy atom. The minimum atomic E-state index is -5.07. The highest BCUT2D eigenvalue weighted by molar-refractivity contribution is 7.96. The number of piperidine rings is 1. The van der Waals surface area contributed by atoms with Crippen molar-refractivity contribution in [2.45, 2.75) is 62.3 Å². The predicted octanol–water partition coefficient (Wildman–Crippen LogP) is 4.67. The highest BCUT2D eigenvalue weighted by atomic mass is 32.2. The summed E-state index contributed by atoms with van der Waals surface area (Å²) in [6.07, 6.45) is -0.0319. The van der Waals surface area contributed by atoms with E-state index in [0.717, 1.165) is 12.1 Å². The lowest BCUT2D eigenvalue weighted by molar-refractivity contribution is -0.228. The summed E-state index contributed by atoms with van der Waals surface area (Å²) in [7, 11) is -3.89. The van der Waals surface area contributed by atoms with Crippen molar-refractivity contribution in [3.8, 4) is 0 Å². The van der Waals surface area contributed by atoms with Crippen molar-refractivity contribution >= 4 is 32.8 Å². The molecule has 0 aromatic heterocycles. The molecule has 0 spiro atoms. The van der Waals surface area contributed by atoms with Gasteiger partial charge in [0.05, 0.1) is 24.2 Å². The van der Waals surface area contributed by atoms with Crippen LogP contribution in [0.2, 0.25) is 0 Å². The lowest BCUT2D eigenvalue weighted by atomic mass is 9.92. The number of alkyl halides is 5. The summed E-state index contributed by atoms with van der Waals surface area (Å²) >= 11 is 5.33. The van der Waals surface area contributed by atoms with Gasteiger partial charge in [0.1, 0.15) is 6.17 Å². The van der Waals surface area contributed by atoms with Crippen LogP contribution < -0.4 is 4.90 Å². The van der Waals surface area contributed by atoms with Crippen LogP contribution in [0.25, 0.3) is 0 Å². The van der Waals surface area contributed by atoms with E-state index in [-0.39, 0.29) is 36.6 Å². The van der Waals surface area contributed by atoms with E-state index in [9.17, 15) is 30.4 Å².